The molecule has 0 saturated heterocycles. The number of carbonyl (C=O) groups is 2. The number of hydrogen-bond acceptors (Lipinski definition) is 5. The van der Waals surface area contributed by atoms with Crippen LogP contribution in [-0.4, -0.2) is 49.5 Å². The summed E-state index contributed by atoms with van der Waals surface area (Å²) in [5.74, 6) is -1.60. The Morgan fingerprint density at radius 2 is 2.00 bits per heavy atom. The minimum absolute atomic E-state index is 0.0380. The summed E-state index contributed by atoms with van der Waals surface area (Å²) < 4.78 is 9.27. The van der Waals surface area contributed by atoms with Crippen LogP contribution in [0.2, 0.25) is 0 Å². The fourth-order valence-electron chi connectivity index (χ4n) is 1.17. The van der Waals surface area contributed by atoms with E-state index in [9.17, 15) is 9.59 Å². The molecular formula is C9H17NO5. The van der Waals surface area contributed by atoms with Gasteiger partial charge in [-0.15, -0.1) is 0 Å². The Balaban J connectivity index is 4.54. The molecule has 0 aromatic carbocycles. The largest absolute Gasteiger partial charge is 0.480 e. The molecule has 6 heteroatoms. The molecule has 2 atom stereocenters. The zero-order valence-corrected chi connectivity index (χ0v) is 9.36. The number of aliphatic carboxylic acids is 1. The lowest BCUT2D eigenvalue weighted by atomic mass is 10.0. The number of methoxy groups -OCH3 is 2. The molecule has 0 fully saturated rings. The molecule has 0 aromatic rings. The van der Waals surface area contributed by atoms with Crippen LogP contribution in [0.25, 0.3) is 0 Å². The highest BCUT2D eigenvalue weighted by Crippen LogP contribution is 2.06. The van der Waals surface area contributed by atoms with Crippen molar-refractivity contribution in [3.63, 3.8) is 0 Å². The number of rotatable bonds is 6. The topological polar surface area (TPSA) is 84.9 Å². The summed E-state index contributed by atoms with van der Waals surface area (Å²) in [6, 6.07) is -0.703. The van der Waals surface area contributed by atoms with Crippen molar-refractivity contribution in [2.75, 3.05) is 20.8 Å². The van der Waals surface area contributed by atoms with Gasteiger partial charge in [-0.3, -0.25) is 14.9 Å². The molecule has 0 aliphatic carbocycles. The monoisotopic (exact) mass is 219 g/mol. The number of hydrogen-bond donors (Lipinski definition) is 2. The van der Waals surface area contributed by atoms with E-state index in [0.717, 1.165) is 0 Å². The maximum Gasteiger partial charge on any atom is 0.326 e. The van der Waals surface area contributed by atoms with E-state index in [4.69, 9.17) is 9.84 Å². The van der Waals surface area contributed by atoms with Crippen LogP contribution >= 0.6 is 0 Å². The highest BCUT2D eigenvalue weighted by Gasteiger charge is 2.36. The summed E-state index contributed by atoms with van der Waals surface area (Å²) in [5, 5.41) is 11.6. The molecule has 0 bridgehead atoms. The van der Waals surface area contributed by atoms with E-state index in [-0.39, 0.29) is 6.61 Å². The Morgan fingerprint density at radius 3 is 2.33 bits per heavy atom. The Morgan fingerprint density at radius 1 is 1.47 bits per heavy atom. The Bertz CT molecular complexity index is 243. The van der Waals surface area contributed by atoms with Crippen molar-refractivity contribution in [1.29, 1.82) is 0 Å². The third kappa shape index (κ3) is 3.85. The van der Waals surface area contributed by atoms with Crippen molar-refractivity contribution >= 4 is 11.9 Å². The van der Waals surface area contributed by atoms with Gasteiger partial charge in [-0.05, 0) is 13.8 Å². The van der Waals surface area contributed by atoms with Crippen LogP contribution in [0, 0.1) is 0 Å². The van der Waals surface area contributed by atoms with E-state index in [0.29, 0.717) is 0 Å². The number of carboxylic acid groups (broad SMARTS) is 1. The van der Waals surface area contributed by atoms with Crippen molar-refractivity contribution in [3.8, 4) is 0 Å². The van der Waals surface area contributed by atoms with Gasteiger partial charge < -0.3 is 14.6 Å². The molecule has 0 heterocycles. The van der Waals surface area contributed by atoms with Gasteiger partial charge in [-0.1, -0.05) is 0 Å². The Kier molecular flexibility index (Phi) is 5.24. The second kappa shape index (κ2) is 5.67. The highest BCUT2D eigenvalue weighted by atomic mass is 16.5. The van der Waals surface area contributed by atoms with Crippen molar-refractivity contribution in [1.82, 2.24) is 5.32 Å². The number of nitrogens with one attached hydrogen (secondary N) is 1. The normalized spacial score (nSPS) is 16.5. The van der Waals surface area contributed by atoms with Gasteiger partial charge in [0.15, 0.2) is 0 Å². The van der Waals surface area contributed by atoms with Gasteiger partial charge >= 0.3 is 11.9 Å². The number of carbonyl (C=O) groups excluding carboxylic acids is 1. The standard InChI is InChI=1S/C9H17NO5/c1-6(7(11)15-4)10-9(2,5-14-3)8(12)13/h6,10H,5H2,1-4H3,(H,12,13). The molecule has 0 aliphatic rings. The van der Waals surface area contributed by atoms with Crippen LogP contribution in [0.1, 0.15) is 13.8 Å². The molecule has 2 unspecified atom stereocenters. The first kappa shape index (κ1) is 13.9. The van der Waals surface area contributed by atoms with Gasteiger partial charge in [-0.2, -0.15) is 0 Å². The summed E-state index contributed by atoms with van der Waals surface area (Å²) >= 11 is 0. The van der Waals surface area contributed by atoms with Crippen LogP contribution < -0.4 is 5.32 Å². The van der Waals surface area contributed by atoms with Crippen LogP contribution in [0.4, 0.5) is 0 Å². The fourth-order valence-corrected chi connectivity index (χ4v) is 1.17. The SMILES string of the molecule is COCC(C)(NC(C)C(=O)OC)C(=O)O. The second-order valence-electron chi connectivity index (χ2n) is 3.46. The van der Waals surface area contributed by atoms with Crippen molar-refractivity contribution in [3.05, 3.63) is 0 Å². The van der Waals surface area contributed by atoms with E-state index in [1.54, 1.807) is 0 Å². The van der Waals surface area contributed by atoms with E-state index < -0.39 is 23.5 Å². The van der Waals surface area contributed by atoms with E-state index in [1.807, 2.05) is 0 Å². The molecule has 0 rings (SSSR count). The zero-order valence-electron chi connectivity index (χ0n) is 9.36. The minimum Gasteiger partial charge on any atom is -0.480 e. The lowest BCUT2D eigenvalue weighted by Gasteiger charge is -2.27. The number of esters is 1. The maximum atomic E-state index is 11.1. The molecule has 0 saturated carbocycles. The molecular weight excluding hydrogens is 202 g/mol. The van der Waals surface area contributed by atoms with Crippen LogP contribution in [-0.2, 0) is 19.1 Å². The summed E-state index contributed by atoms with van der Waals surface area (Å²) in [5.41, 5.74) is -1.30. The lowest BCUT2D eigenvalue weighted by Crippen LogP contribution is -2.58. The second-order valence-corrected chi connectivity index (χ2v) is 3.46. The third-order valence-corrected chi connectivity index (χ3v) is 1.99. The smallest absolute Gasteiger partial charge is 0.326 e. The minimum atomic E-state index is -1.30. The number of carboxylic acids is 1. The van der Waals surface area contributed by atoms with Crippen molar-refractivity contribution < 1.29 is 24.2 Å². The first-order valence-electron chi connectivity index (χ1n) is 4.45. The zero-order chi connectivity index (χ0) is 12.1. The van der Waals surface area contributed by atoms with Gasteiger partial charge in [0.25, 0.3) is 0 Å². The average Bonchev–Trinajstić information content (AvgIpc) is 2.16. The van der Waals surface area contributed by atoms with E-state index in [2.05, 4.69) is 10.1 Å². The molecule has 15 heavy (non-hydrogen) atoms. The molecule has 0 amide bonds. The van der Waals surface area contributed by atoms with Crippen LogP contribution in [0.15, 0.2) is 0 Å². The molecule has 88 valence electrons. The van der Waals surface area contributed by atoms with Gasteiger partial charge in [-0.25, -0.2) is 0 Å². The summed E-state index contributed by atoms with van der Waals surface area (Å²) in [6.07, 6.45) is 0. The van der Waals surface area contributed by atoms with Crippen molar-refractivity contribution in [2.24, 2.45) is 0 Å². The predicted octanol–water partition coefficient (Wildman–Crippen LogP) is -0.373. The van der Waals surface area contributed by atoms with E-state index >= 15 is 0 Å². The highest BCUT2D eigenvalue weighted by molar-refractivity contribution is 5.81. The molecule has 2 N–H and O–H groups in total. The van der Waals surface area contributed by atoms with E-state index in [1.165, 1.54) is 28.1 Å². The summed E-state index contributed by atoms with van der Waals surface area (Å²) in [7, 11) is 2.64. The molecule has 0 aromatic heterocycles. The van der Waals surface area contributed by atoms with Crippen molar-refractivity contribution in [2.45, 2.75) is 25.4 Å². The van der Waals surface area contributed by atoms with Gasteiger partial charge in [0, 0.05) is 7.11 Å². The Labute approximate surface area is 88.6 Å². The van der Waals surface area contributed by atoms with Gasteiger partial charge in [0.1, 0.15) is 11.6 Å². The van der Waals surface area contributed by atoms with Crippen LogP contribution in [0.5, 0.6) is 0 Å². The summed E-state index contributed by atoms with van der Waals surface area (Å²) in [4.78, 5) is 22.1. The molecule has 0 spiro atoms. The Hall–Kier alpha value is -1.14. The molecule has 6 nitrogen and oxygen atoms in total. The fraction of sp³-hybridized carbons (Fsp3) is 0.778. The molecule has 0 aliphatic heterocycles. The quantitative estimate of drug-likeness (QED) is 0.593. The van der Waals surface area contributed by atoms with Gasteiger partial charge in [0.2, 0.25) is 0 Å². The average molecular weight is 219 g/mol. The molecule has 0 radical (unpaired) electrons. The lowest BCUT2D eigenvalue weighted by molar-refractivity contribution is -0.149. The summed E-state index contributed by atoms with van der Waals surface area (Å²) in [6.45, 7) is 2.94. The first-order chi connectivity index (χ1) is 6.87. The number of ether oxygens (including phenoxy) is 2. The third-order valence-electron chi connectivity index (χ3n) is 1.99. The maximum absolute atomic E-state index is 11.1. The van der Waals surface area contributed by atoms with Gasteiger partial charge in [0.05, 0.1) is 13.7 Å². The van der Waals surface area contributed by atoms with Crippen LogP contribution in [0.3, 0.4) is 0 Å². The predicted molar refractivity (Wildman–Crippen MR) is 52.5 cm³/mol. The first-order valence-corrected chi connectivity index (χ1v) is 4.45.